The molecular weight excluding hydrogens is 166 g/mol. The van der Waals surface area contributed by atoms with Gasteiger partial charge in [-0.15, -0.1) is 0 Å². The Morgan fingerprint density at radius 1 is 1.38 bits per heavy atom. The number of rotatable bonds is 1. The van der Waals surface area contributed by atoms with E-state index in [1.54, 1.807) is 6.92 Å². The largest absolute Gasteiger partial charge is 0.390 e. The van der Waals surface area contributed by atoms with E-state index in [1.807, 2.05) is 4.90 Å². The molecule has 0 bridgehead atoms. The van der Waals surface area contributed by atoms with E-state index in [9.17, 15) is 9.90 Å². The molecule has 13 heavy (non-hydrogen) atoms. The van der Waals surface area contributed by atoms with Gasteiger partial charge < -0.3 is 10.0 Å². The molecule has 1 saturated carbocycles. The fraction of sp³-hybridized carbons (Fsp3) is 0.900. The number of hydrogen-bond donors (Lipinski definition) is 1. The summed E-state index contributed by atoms with van der Waals surface area (Å²) in [5, 5.41) is 9.50. The van der Waals surface area contributed by atoms with Crippen LogP contribution in [-0.4, -0.2) is 34.6 Å². The van der Waals surface area contributed by atoms with Gasteiger partial charge in [0.1, 0.15) is 0 Å². The number of carbonyl (C=O) groups is 1. The molecule has 0 aromatic carbocycles. The van der Waals surface area contributed by atoms with Gasteiger partial charge in [-0.25, -0.2) is 0 Å². The summed E-state index contributed by atoms with van der Waals surface area (Å²) in [6.07, 6.45) is 3.61. The molecule has 1 N–H and O–H groups in total. The maximum Gasteiger partial charge on any atom is 0.225 e. The van der Waals surface area contributed by atoms with Crippen molar-refractivity contribution in [2.45, 2.75) is 38.2 Å². The molecule has 0 aromatic rings. The molecule has 1 heterocycles. The van der Waals surface area contributed by atoms with Gasteiger partial charge in [0.25, 0.3) is 0 Å². The predicted molar refractivity (Wildman–Crippen MR) is 49.2 cm³/mol. The van der Waals surface area contributed by atoms with Gasteiger partial charge in [-0.2, -0.15) is 0 Å². The number of hydrogen-bond acceptors (Lipinski definition) is 2. The lowest BCUT2D eigenvalue weighted by atomic mass is 9.71. The van der Waals surface area contributed by atoms with Crippen LogP contribution in [0.25, 0.3) is 0 Å². The van der Waals surface area contributed by atoms with Crippen LogP contribution in [0.3, 0.4) is 0 Å². The minimum Gasteiger partial charge on any atom is -0.390 e. The first kappa shape index (κ1) is 9.00. The first-order valence-electron chi connectivity index (χ1n) is 5.10. The number of carbonyl (C=O) groups excluding carboxylic acids is 1. The highest BCUT2D eigenvalue weighted by Crippen LogP contribution is 2.38. The van der Waals surface area contributed by atoms with Crippen molar-refractivity contribution in [3.8, 4) is 0 Å². The summed E-state index contributed by atoms with van der Waals surface area (Å²) in [6.45, 7) is 3.66. The van der Waals surface area contributed by atoms with Crippen LogP contribution < -0.4 is 0 Å². The molecule has 1 aliphatic heterocycles. The van der Waals surface area contributed by atoms with E-state index >= 15 is 0 Å². The van der Waals surface area contributed by atoms with Gasteiger partial charge in [0.15, 0.2) is 0 Å². The molecule has 1 amide bonds. The van der Waals surface area contributed by atoms with Crippen LogP contribution in [0, 0.1) is 5.92 Å². The van der Waals surface area contributed by atoms with E-state index in [0.717, 1.165) is 25.9 Å². The number of likely N-dealkylation sites (tertiary alicyclic amines) is 1. The second-order valence-corrected chi connectivity index (χ2v) is 4.63. The second kappa shape index (κ2) is 2.98. The van der Waals surface area contributed by atoms with Crippen LogP contribution in [0.15, 0.2) is 0 Å². The summed E-state index contributed by atoms with van der Waals surface area (Å²) in [5.41, 5.74) is -0.569. The summed E-state index contributed by atoms with van der Waals surface area (Å²) < 4.78 is 0. The maximum atomic E-state index is 11.7. The van der Waals surface area contributed by atoms with Crippen LogP contribution in [0.1, 0.15) is 32.6 Å². The topological polar surface area (TPSA) is 40.5 Å². The quantitative estimate of drug-likeness (QED) is 0.652. The Morgan fingerprint density at radius 3 is 2.38 bits per heavy atom. The number of amides is 1. The first-order chi connectivity index (χ1) is 6.08. The van der Waals surface area contributed by atoms with Crippen molar-refractivity contribution < 1.29 is 9.90 Å². The fourth-order valence-electron chi connectivity index (χ4n) is 2.37. The molecule has 2 fully saturated rings. The molecule has 3 nitrogen and oxygen atoms in total. The lowest BCUT2D eigenvalue weighted by molar-refractivity contribution is -0.148. The number of nitrogens with zero attached hydrogens (tertiary/aromatic N) is 1. The molecule has 0 radical (unpaired) electrons. The lowest BCUT2D eigenvalue weighted by Gasteiger charge is -2.41. The molecule has 74 valence electrons. The van der Waals surface area contributed by atoms with Crippen molar-refractivity contribution in [1.82, 2.24) is 4.90 Å². The highest BCUT2D eigenvalue weighted by Gasteiger charge is 2.44. The zero-order valence-corrected chi connectivity index (χ0v) is 8.12. The predicted octanol–water partition coefficient (Wildman–Crippen LogP) is 0.770. The highest BCUT2D eigenvalue weighted by atomic mass is 16.3. The van der Waals surface area contributed by atoms with E-state index in [4.69, 9.17) is 0 Å². The van der Waals surface area contributed by atoms with Crippen molar-refractivity contribution in [2.24, 2.45) is 5.92 Å². The van der Waals surface area contributed by atoms with Crippen molar-refractivity contribution in [3.05, 3.63) is 0 Å². The summed E-state index contributed by atoms with van der Waals surface area (Å²) >= 11 is 0. The van der Waals surface area contributed by atoms with Crippen molar-refractivity contribution >= 4 is 5.91 Å². The fourth-order valence-corrected chi connectivity index (χ4v) is 2.37. The van der Waals surface area contributed by atoms with Crippen LogP contribution in [-0.2, 0) is 4.79 Å². The molecule has 0 atom stereocenters. The van der Waals surface area contributed by atoms with Crippen molar-refractivity contribution in [2.75, 3.05) is 13.1 Å². The third-order valence-corrected chi connectivity index (χ3v) is 3.14. The van der Waals surface area contributed by atoms with Gasteiger partial charge in [0.05, 0.1) is 5.60 Å². The molecule has 1 saturated heterocycles. The van der Waals surface area contributed by atoms with Crippen molar-refractivity contribution in [1.29, 1.82) is 0 Å². The third kappa shape index (κ3) is 1.70. The summed E-state index contributed by atoms with van der Waals surface area (Å²) in [5.74, 6) is 0.372. The highest BCUT2D eigenvalue weighted by molar-refractivity contribution is 5.80. The first-order valence-corrected chi connectivity index (χ1v) is 5.10. The molecule has 3 heteroatoms. The molecule has 0 unspecified atom stereocenters. The molecule has 0 aromatic heterocycles. The molecule has 2 aliphatic rings. The Kier molecular flexibility index (Phi) is 2.06. The Bertz CT molecular complexity index is 211. The standard InChI is InChI=1S/C10H17NO2/c1-10(13)6-8(7-10)9(12)11-4-2-3-5-11/h8,13H,2-7H2,1H3. The number of aliphatic hydroxyl groups is 1. The van der Waals surface area contributed by atoms with Crippen LogP contribution in [0.4, 0.5) is 0 Å². The molecule has 0 spiro atoms. The van der Waals surface area contributed by atoms with Gasteiger partial charge >= 0.3 is 0 Å². The van der Waals surface area contributed by atoms with Crippen LogP contribution >= 0.6 is 0 Å². The summed E-state index contributed by atoms with van der Waals surface area (Å²) in [6, 6.07) is 0. The summed E-state index contributed by atoms with van der Waals surface area (Å²) in [7, 11) is 0. The average Bonchev–Trinajstić information content (AvgIpc) is 2.50. The van der Waals surface area contributed by atoms with Gasteiger partial charge in [-0.3, -0.25) is 4.79 Å². The third-order valence-electron chi connectivity index (χ3n) is 3.14. The van der Waals surface area contributed by atoms with Gasteiger partial charge in [0, 0.05) is 19.0 Å². The van der Waals surface area contributed by atoms with E-state index in [-0.39, 0.29) is 11.8 Å². The van der Waals surface area contributed by atoms with E-state index in [2.05, 4.69) is 0 Å². The monoisotopic (exact) mass is 183 g/mol. The Morgan fingerprint density at radius 2 is 1.92 bits per heavy atom. The second-order valence-electron chi connectivity index (χ2n) is 4.63. The zero-order chi connectivity index (χ0) is 9.47. The minimum absolute atomic E-state index is 0.105. The average molecular weight is 183 g/mol. The van der Waals surface area contributed by atoms with Gasteiger partial charge in [-0.1, -0.05) is 0 Å². The summed E-state index contributed by atoms with van der Waals surface area (Å²) in [4.78, 5) is 13.7. The smallest absolute Gasteiger partial charge is 0.225 e. The minimum atomic E-state index is -0.569. The van der Waals surface area contributed by atoms with Crippen LogP contribution in [0.2, 0.25) is 0 Å². The Labute approximate surface area is 78.7 Å². The Hall–Kier alpha value is -0.570. The van der Waals surface area contributed by atoms with E-state index < -0.39 is 5.60 Å². The van der Waals surface area contributed by atoms with Gasteiger partial charge in [-0.05, 0) is 32.6 Å². The van der Waals surface area contributed by atoms with Crippen LogP contribution in [0.5, 0.6) is 0 Å². The molecular formula is C10H17NO2. The van der Waals surface area contributed by atoms with Crippen molar-refractivity contribution in [3.63, 3.8) is 0 Å². The Balaban J connectivity index is 1.85. The van der Waals surface area contributed by atoms with Gasteiger partial charge in [0.2, 0.25) is 5.91 Å². The zero-order valence-electron chi connectivity index (χ0n) is 8.12. The SMILES string of the molecule is CC1(O)CC(C(=O)N2CCCC2)C1. The maximum absolute atomic E-state index is 11.7. The molecule has 2 rings (SSSR count). The van der Waals surface area contributed by atoms with E-state index in [1.165, 1.54) is 0 Å². The van der Waals surface area contributed by atoms with E-state index in [0.29, 0.717) is 12.8 Å². The normalized spacial score (nSPS) is 38.9. The molecule has 1 aliphatic carbocycles. The lowest BCUT2D eigenvalue weighted by Crippen LogP contribution is -2.48.